The molecule has 0 aromatic heterocycles. The first-order chi connectivity index (χ1) is 7.16. The monoisotopic (exact) mass is 230 g/mol. The molecule has 4 heteroatoms. The molecule has 3 nitrogen and oxygen atoms in total. The molecule has 1 fully saturated rings. The van der Waals surface area contributed by atoms with Gasteiger partial charge in [0.1, 0.15) is 0 Å². The van der Waals surface area contributed by atoms with Gasteiger partial charge in [-0.15, -0.1) is 0 Å². The standard InChI is InChI=1S/C11H22N2OS/c1-9-5-4-6-10(2)13(9)11(15)12-7-8-14-3/h9-10H,4-8H2,1-3H3,(H,12,15)/t9-,10-/m0/s1. The summed E-state index contributed by atoms with van der Waals surface area (Å²) in [6.45, 7) is 6.00. The molecule has 0 spiro atoms. The van der Waals surface area contributed by atoms with E-state index in [1.807, 2.05) is 0 Å². The third-order valence-electron chi connectivity index (χ3n) is 3.01. The van der Waals surface area contributed by atoms with Crippen molar-refractivity contribution in [3.8, 4) is 0 Å². The van der Waals surface area contributed by atoms with Gasteiger partial charge in [-0.2, -0.15) is 0 Å². The fraction of sp³-hybridized carbons (Fsp3) is 0.909. The number of nitrogens with one attached hydrogen (secondary N) is 1. The highest BCUT2D eigenvalue weighted by Gasteiger charge is 2.26. The van der Waals surface area contributed by atoms with Crippen LogP contribution < -0.4 is 5.32 Å². The Kier molecular flexibility index (Phi) is 5.32. The molecule has 1 N–H and O–H groups in total. The fourth-order valence-electron chi connectivity index (χ4n) is 2.17. The summed E-state index contributed by atoms with van der Waals surface area (Å²) in [6, 6.07) is 1.13. The van der Waals surface area contributed by atoms with Crippen LogP contribution >= 0.6 is 12.2 Å². The molecule has 0 aromatic carbocycles. The molecule has 0 saturated carbocycles. The summed E-state index contributed by atoms with van der Waals surface area (Å²) in [5.41, 5.74) is 0. The van der Waals surface area contributed by atoms with E-state index in [0.717, 1.165) is 11.7 Å². The van der Waals surface area contributed by atoms with Crippen LogP contribution in [0, 0.1) is 0 Å². The SMILES string of the molecule is COCCNC(=S)N1[C@@H](C)CCC[C@@H]1C. The molecule has 1 rings (SSSR count). The Morgan fingerprint density at radius 1 is 1.40 bits per heavy atom. The number of methoxy groups -OCH3 is 1. The van der Waals surface area contributed by atoms with Crippen LogP contribution in [0.5, 0.6) is 0 Å². The Morgan fingerprint density at radius 2 is 2.00 bits per heavy atom. The lowest BCUT2D eigenvalue weighted by molar-refractivity contribution is 0.181. The van der Waals surface area contributed by atoms with Crippen molar-refractivity contribution in [1.82, 2.24) is 10.2 Å². The van der Waals surface area contributed by atoms with Gasteiger partial charge in [-0.3, -0.25) is 0 Å². The zero-order chi connectivity index (χ0) is 11.3. The normalized spacial score (nSPS) is 26.5. The number of hydrogen-bond acceptors (Lipinski definition) is 2. The summed E-state index contributed by atoms with van der Waals surface area (Å²) >= 11 is 5.40. The Bertz CT molecular complexity index is 201. The second kappa shape index (κ2) is 6.28. The predicted molar refractivity (Wildman–Crippen MR) is 67.1 cm³/mol. The van der Waals surface area contributed by atoms with Crippen LogP contribution in [0.3, 0.4) is 0 Å². The zero-order valence-corrected chi connectivity index (χ0v) is 10.8. The van der Waals surface area contributed by atoms with E-state index in [4.69, 9.17) is 17.0 Å². The summed E-state index contributed by atoms with van der Waals surface area (Å²) in [6.07, 6.45) is 3.81. The summed E-state index contributed by atoms with van der Waals surface area (Å²) in [4.78, 5) is 2.33. The van der Waals surface area contributed by atoms with Crippen LogP contribution in [0.4, 0.5) is 0 Å². The average molecular weight is 230 g/mol. The second-order valence-corrected chi connectivity index (χ2v) is 4.65. The summed E-state index contributed by atoms with van der Waals surface area (Å²) in [5, 5.41) is 4.13. The van der Waals surface area contributed by atoms with E-state index >= 15 is 0 Å². The Balaban J connectivity index is 2.41. The second-order valence-electron chi connectivity index (χ2n) is 4.26. The van der Waals surface area contributed by atoms with Gasteiger partial charge in [0.25, 0.3) is 0 Å². The number of piperidine rings is 1. The smallest absolute Gasteiger partial charge is 0.169 e. The van der Waals surface area contributed by atoms with Crippen molar-refractivity contribution in [3.63, 3.8) is 0 Å². The highest BCUT2D eigenvalue weighted by molar-refractivity contribution is 7.80. The molecule has 1 saturated heterocycles. The first kappa shape index (κ1) is 12.7. The van der Waals surface area contributed by atoms with Crippen molar-refractivity contribution in [3.05, 3.63) is 0 Å². The highest BCUT2D eigenvalue weighted by atomic mass is 32.1. The lowest BCUT2D eigenvalue weighted by atomic mass is 9.98. The van der Waals surface area contributed by atoms with Crippen LogP contribution in [0.2, 0.25) is 0 Å². The Hall–Kier alpha value is -0.350. The van der Waals surface area contributed by atoms with Crippen LogP contribution in [0.1, 0.15) is 33.1 Å². The van der Waals surface area contributed by atoms with Crippen LogP contribution in [-0.4, -0.2) is 42.4 Å². The maximum absolute atomic E-state index is 5.40. The van der Waals surface area contributed by atoms with Crippen molar-refractivity contribution in [1.29, 1.82) is 0 Å². The number of nitrogens with zero attached hydrogens (tertiary/aromatic N) is 1. The molecule has 0 bridgehead atoms. The molecule has 2 atom stereocenters. The van der Waals surface area contributed by atoms with Gasteiger partial charge >= 0.3 is 0 Å². The van der Waals surface area contributed by atoms with Crippen LogP contribution in [-0.2, 0) is 4.74 Å². The van der Waals surface area contributed by atoms with Crippen LogP contribution in [0.25, 0.3) is 0 Å². The van der Waals surface area contributed by atoms with E-state index in [-0.39, 0.29) is 0 Å². The number of rotatable bonds is 3. The molecule has 88 valence electrons. The average Bonchev–Trinajstić information content (AvgIpc) is 2.18. The molecular formula is C11H22N2OS. The maximum atomic E-state index is 5.40. The van der Waals surface area contributed by atoms with Gasteiger partial charge in [0.15, 0.2) is 5.11 Å². The lowest BCUT2D eigenvalue weighted by Crippen LogP contribution is -2.52. The van der Waals surface area contributed by atoms with E-state index in [1.54, 1.807) is 7.11 Å². The molecule has 1 aliphatic rings. The Morgan fingerprint density at radius 3 is 2.53 bits per heavy atom. The lowest BCUT2D eigenvalue weighted by Gasteiger charge is -2.40. The van der Waals surface area contributed by atoms with Crippen molar-refractivity contribution in [2.24, 2.45) is 0 Å². The Labute approximate surface area is 98.2 Å². The van der Waals surface area contributed by atoms with E-state index in [1.165, 1.54) is 19.3 Å². The maximum Gasteiger partial charge on any atom is 0.169 e. The van der Waals surface area contributed by atoms with Crippen molar-refractivity contribution >= 4 is 17.3 Å². The largest absolute Gasteiger partial charge is 0.383 e. The van der Waals surface area contributed by atoms with E-state index in [0.29, 0.717) is 18.7 Å². The van der Waals surface area contributed by atoms with E-state index < -0.39 is 0 Å². The van der Waals surface area contributed by atoms with Gasteiger partial charge < -0.3 is 15.0 Å². The quantitative estimate of drug-likeness (QED) is 0.590. The van der Waals surface area contributed by atoms with Gasteiger partial charge in [-0.1, -0.05) is 0 Å². The van der Waals surface area contributed by atoms with E-state index in [9.17, 15) is 0 Å². The molecule has 0 radical (unpaired) electrons. The molecule has 0 amide bonds. The molecular weight excluding hydrogens is 208 g/mol. The highest BCUT2D eigenvalue weighted by Crippen LogP contribution is 2.22. The van der Waals surface area contributed by atoms with Gasteiger partial charge in [0.05, 0.1) is 6.61 Å². The van der Waals surface area contributed by atoms with Gasteiger partial charge in [-0.05, 0) is 45.3 Å². The molecule has 1 heterocycles. The third kappa shape index (κ3) is 3.61. The first-order valence-corrected chi connectivity index (χ1v) is 6.12. The minimum atomic E-state index is 0.566. The van der Waals surface area contributed by atoms with Crippen LogP contribution in [0.15, 0.2) is 0 Å². The third-order valence-corrected chi connectivity index (χ3v) is 3.37. The summed E-state index contributed by atoms with van der Waals surface area (Å²) < 4.78 is 4.99. The minimum absolute atomic E-state index is 0.566. The van der Waals surface area contributed by atoms with Gasteiger partial charge in [-0.25, -0.2) is 0 Å². The van der Waals surface area contributed by atoms with Gasteiger partial charge in [0.2, 0.25) is 0 Å². The minimum Gasteiger partial charge on any atom is -0.383 e. The zero-order valence-electron chi connectivity index (χ0n) is 9.95. The molecule has 0 aliphatic carbocycles. The molecule has 0 unspecified atom stereocenters. The summed E-state index contributed by atoms with van der Waals surface area (Å²) in [5.74, 6) is 0. The molecule has 0 aromatic rings. The molecule has 15 heavy (non-hydrogen) atoms. The van der Waals surface area contributed by atoms with E-state index in [2.05, 4.69) is 24.1 Å². The molecule has 1 aliphatic heterocycles. The fourth-order valence-corrected chi connectivity index (χ4v) is 2.63. The topological polar surface area (TPSA) is 24.5 Å². The number of hydrogen-bond donors (Lipinski definition) is 1. The van der Waals surface area contributed by atoms with Crippen molar-refractivity contribution < 1.29 is 4.74 Å². The number of thiocarbonyl (C=S) groups is 1. The first-order valence-electron chi connectivity index (χ1n) is 5.72. The van der Waals surface area contributed by atoms with Gasteiger partial charge in [0, 0.05) is 25.7 Å². The van der Waals surface area contributed by atoms with Crippen molar-refractivity contribution in [2.45, 2.75) is 45.2 Å². The summed E-state index contributed by atoms with van der Waals surface area (Å²) in [7, 11) is 1.71. The number of likely N-dealkylation sites (tertiary alicyclic amines) is 1. The number of ether oxygens (including phenoxy) is 1. The van der Waals surface area contributed by atoms with Crippen molar-refractivity contribution in [2.75, 3.05) is 20.3 Å². The predicted octanol–water partition coefficient (Wildman–Crippen LogP) is 1.77.